The molecule has 0 fully saturated rings. The molecule has 0 unspecified atom stereocenters. The molecule has 0 spiro atoms. The minimum absolute atomic E-state index is 0.265. The van der Waals surface area contributed by atoms with Crippen LogP contribution in [-0.4, -0.2) is 5.11 Å². The van der Waals surface area contributed by atoms with Crippen LogP contribution in [0.5, 0.6) is 5.75 Å². The molecule has 0 aliphatic carbocycles. The predicted octanol–water partition coefficient (Wildman–Crippen LogP) is 2.53. The lowest BCUT2D eigenvalue weighted by molar-refractivity contribution is 0.476. The molecule has 0 atom stereocenters. The van der Waals surface area contributed by atoms with Gasteiger partial charge in [-0.3, -0.25) is 0 Å². The van der Waals surface area contributed by atoms with Crippen molar-refractivity contribution in [3.8, 4) is 18.1 Å². The van der Waals surface area contributed by atoms with Crippen molar-refractivity contribution in [2.24, 2.45) is 0 Å². The molecule has 0 aliphatic rings. The second-order valence-electron chi connectivity index (χ2n) is 2.86. The number of hydrogen-bond acceptors (Lipinski definition) is 1. The Morgan fingerprint density at radius 2 is 2.00 bits per heavy atom. The Morgan fingerprint density at radius 1 is 1.15 bits per heavy atom. The minimum Gasteiger partial charge on any atom is -0.508 e. The summed E-state index contributed by atoms with van der Waals surface area (Å²) < 4.78 is 0. The number of aromatic hydroxyl groups is 1. The molecule has 1 nitrogen and oxygen atoms in total. The van der Waals surface area contributed by atoms with Crippen molar-refractivity contribution in [3.05, 3.63) is 42.0 Å². The maximum absolute atomic E-state index is 9.24. The molecular weight excluding hydrogens is 160 g/mol. The van der Waals surface area contributed by atoms with Crippen LogP contribution < -0.4 is 0 Å². The molecule has 0 amide bonds. The zero-order valence-electron chi connectivity index (χ0n) is 6.99. The van der Waals surface area contributed by atoms with E-state index in [0.717, 1.165) is 16.3 Å². The number of terminal acetylenes is 1. The molecule has 2 aromatic rings. The fraction of sp³-hybridized carbons (Fsp3) is 0. The fourth-order valence-corrected chi connectivity index (χ4v) is 1.40. The van der Waals surface area contributed by atoms with Crippen LogP contribution in [0.3, 0.4) is 0 Å². The van der Waals surface area contributed by atoms with Crippen LogP contribution >= 0.6 is 0 Å². The van der Waals surface area contributed by atoms with Crippen molar-refractivity contribution in [3.63, 3.8) is 0 Å². The van der Waals surface area contributed by atoms with Gasteiger partial charge in [0.2, 0.25) is 0 Å². The molecule has 0 saturated carbocycles. The van der Waals surface area contributed by atoms with Crippen LogP contribution in [0.1, 0.15) is 5.56 Å². The van der Waals surface area contributed by atoms with Crippen molar-refractivity contribution < 1.29 is 5.11 Å². The van der Waals surface area contributed by atoms with E-state index in [0.29, 0.717) is 0 Å². The summed E-state index contributed by atoms with van der Waals surface area (Å²) in [7, 11) is 0. The van der Waals surface area contributed by atoms with E-state index in [1.54, 1.807) is 12.1 Å². The Balaban J connectivity index is 2.87. The molecule has 0 heterocycles. The highest BCUT2D eigenvalue weighted by Gasteiger charge is 1.98. The Bertz CT molecular complexity index is 492. The maximum Gasteiger partial charge on any atom is 0.116 e. The molecule has 2 rings (SSSR count). The fourth-order valence-electron chi connectivity index (χ4n) is 1.40. The molecule has 0 radical (unpaired) electrons. The number of phenols is 1. The number of benzene rings is 2. The topological polar surface area (TPSA) is 20.2 Å². The monoisotopic (exact) mass is 168 g/mol. The third-order valence-corrected chi connectivity index (χ3v) is 2.02. The van der Waals surface area contributed by atoms with Gasteiger partial charge < -0.3 is 5.11 Å². The summed E-state index contributed by atoms with van der Waals surface area (Å²) in [6.07, 6.45) is 5.34. The summed E-state index contributed by atoms with van der Waals surface area (Å²) in [4.78, 5) is 0. The SMILES string of the molecule is C#Cc1cccc2cc(O)ccc12. The van der Waals surface area contributed by atoms with Crippen LogP contribution in [0.15, 0.2) is 36.4 Å². The lowest BCUT2D eigenvalue weighted by atomic mass is 10.1. The van der Waals surface area contributed by atoms with Gasteiger partial charge in [0.25, 0.3) is 0 Å². The summed E-state index contributed by atoms with van der Waals surface area (Å²) in [5.41, 5.74) is 0.859. The molecule has 1 heteroatoms. The van der Waals surface area contributed by atoms with Crippen molar-refractivity contribution in [2.45, 2.75) is 0 Å². The normalized spacial score (nSPS) is 9.77. The van der Waals surface area contributed by atoms with Crippen LogP contribution in [0.25, 0.3) is 10.8 Å². The van der Waals surface area contributed by atoms with Gasteiger partial charge in [0.05, 0.1) is 0 Å². The molecule has 13 heavy (non-hydrogen) atoms. The summed E-state index contributed by atoms with van der Waals surface area (Å²) in [6, 6.07) is 10.9. The largest absolute Gasteiger partial charge is 0.508 e. The van der Waals surface area contributed by atoms with Gasteiger partial charge in [-0.15, -0.1) is 6.42 Å². The van der Waals surface area contributed by atoms with Crippen molar-refractivity contribution in [1.29, 1.82) is 0 Å². The second kappa shape index (κ2) is 2.84. The van der Waals surface area contributed by atoms with Crippen LogP contribution in [0.2, 0.25) is 0 Å². The second-order valence-corrected chi connectivity index (χ2v) is 2.86. The van der Waals surface area contributed by atoms with E-state index in [2.05, 4.69) is 5.92 Å². The smallest absolute Gasteiger partial charge is 0.116 e. The summed E-state index contributed by atoms with van der Waals surface area (Å²) in [6.45, 7) is 0. The predicted molar refractivity (Wildman–Crippen MR) is 53.5 cm³/mol. The van der Waals surface area contributed by atoms with Gasteiger partial charge in [0.15, 0.2) is 0 Å². The summed E-state index contributed by atoms with van der Waals surface area (Å²) in [5, 5.41) is 11.2. The van der Waals surface area contributed by atoms with Crippen LogP contribution in [0.4, 0.5) is 0 Å². The highest BCUT2D eigenvalue weighted by atomic mass is 16.3. The van der Waals surface area contributed by atoms with Gasteiger partial charge in [-0.1, -0.05) is 18.1 Å². The van der Waals surface area contributed by atoms with E-state index in [1.165, 1.54) is 0 Å². The molecule has 0 aliphatic heterocycles. The average molecular weight is 168 g/mol. The van der Waals surface area contributed by atoms with E-state index in [-0.39, 0.29) is 5.75 Å². The van der Waals surface area contributed by atoms with Crippen molar-refractivity contribution in [2.75, 3.05) is 0 Å². The van der Waals surface area contributed by atoms with E-state index < -0.39 is 0 Å². The third kappa shape index (κ3) is 1.23. The van der Waals surface area contributed by atoms with E-state index >= 15 is 0 Å². The minimum atomic E-state index is 0.265. The Hall–Kier alpha value is -1.94. The first-order valence-corrected chi connectivity index (χ1v) is 3.99. The highest BCUT2D eigenvalue weighted by Crippen LogP contribution is 2.22. The Kier molecular flexibility index (Phi) is 1.68. The Morgan fingerprint density at radius 3 is 2.77 bits per heavy atom. The lowest BCUT2D eigenvalue weighted by Gasteiger charge is -2.00. The summed E-state index contributed by atoms with van der Waals surface area (Å²) in [5.74, 6) is 2.87. The first-order chi connectivity index (χ1) is 6.31. The quantitative estimate of drug-likeness (QED) is 0.599. The van der Waals surface area contributed by atoms with Gasteiger partial charge >= 0.3 is 0 Å². The van der Waals surface area contributed by atoms with Crippen LogP contribution in [-0.2, 0) is 0 Å². The molecule has 0 saturated heterocycles. The van der Waals surface area contributed by atoms with E-state index in [4.69, 9.17) is 6.42 Å². The van der Waals surface area contributed by atoms with Gasteiger partial charge in [-0.05, 0) is 35.0 Å². The number of rotatable bonds is 0. The molecular formula is C12H8O. The third-order valence-electron chi connectivity index (χ3n) is 2.02. The molecule has 1 N–H and O–H groups in total. The maximum atomic E-state index is 9.24. The number of fused-ring (bicyclic) bond motifs is 1. The molecule has 0 aromatic heterocycles. The zero-order valence-corrected chi connectivity index (χ0v) is 6.99. The first-order valence-electron chi connectivity index (χ1n) is 3.99. The Labute approximate surface area is 76.6 Å². The molecule has 0 bridgehead atoms. The first kappa shape index (κ1) is 7.70. The van der Waals surface area contributed by atoms with Gasteiger partial charge in [-0.2, -0.15) is 0 Å². The van der Waals surface area contributed by atoms with E-state index in [1.807, 2.05) is 24.3 Å². The van der Waals surface area contributed by atoms with Gasteiger partial charge in [0.1, 0.15) is 5.75 Å². The standard InChI is InChI=1S/C12H8O/c1-2-9-4-3-5-10-8-11(13)6-7-12(9)10/h1,3-8,13H. The lowest BCUT2D eigenvalue weighted by Crippen LogP contribution is -1.78. The highest BCUT2D eigenvalue weighted by molar-refractivity contribution is 5.89. The van der Waals surface area contributed by atoms with Crippen molar-refractivity contribution >= 4 is 10.8 Å². The molecule has 62 valence electrons. The van der Waals surface area contributed by atoms with Crippen LogP contribution in [0, 0.1) is 12.3 Å². The number of hydrogen-bond donors (Lipinski definition) is 1. The van der Waals surface area contributed by atoms with Gasteiger partial charge in [0, 0.05) is 5.56 Å². The zero-order chi connectivity index (χ0) is 9.26. The summed E-state index contributed by atoms with van der Waals surface area (Å²) >= 11 is 0. The van der Waals surface area contributed by atoms with Crippen molar-refractivity contribution in [1.82, 2.24) is 0 Å². The average Bonchev–Trinajstić information content (AvgIpc) is 2.16. The number of phenolic OH excluding ortho intramolecular Hbond substituents is 1. The molecule has 2 aromatic carbocycles. The van der Waals surface area contributed by atoms with E-state index in [9.17, 15) is 5.11 Å². The van der Waals surface area contributed by atoms with Gasteiger partial charge in [-0.25, -0.2) is 0 Å².